The van der Waals surface area contributed by atoms with Crippen LogP contribution in [0.4, 0.5) is 5.69 Å². The van der Waals surface area contributed by atoms with Crippen LogP contribution in [0.3, 0.4) is 0 Å². The third kappa shape index (κ3) is 1.60. The van der Waals surface area contributed by atoms with Crippen LogP contribution in [0.5, 0.6) is 0 Å². The lowest BCUT2D eigenvalue weighted by Gasteiger charge is -2.33. The molecule has 0 aromatic heterocycles. The van der Waals surface area contributed by atoms with Gasteiger partial charge < -0.3 is 10.1 Å². The van der Waals surface area contributed by atoms with Gasteiger partial charge in [-0.15, -0.1) is 0 Å². The third-order valence-electron chi connectivity index (χ3n) is 3.04. The highest BCUT2D eigenvalue weighted by Gasteiger charge is 2.31. The largest absolute Gasteiger partial charge is 0.359 e. The van der Waals surface area contributed by atoms with Gasteiger partial charge in [-0.2, -0.15) is 0 Å². The standard InChI is InChI=1S/C12H14N2O2/c15-11-8-14-6-3-7-16-12(14)9-4-1-2-5-10(9)13-11/h1-2,4-5,12H,3,6-8H2,(H,13,15)/t12-/m1/s1. The molecule has 84 valence electrons. The van der Waals surface area contributed by atoms with Gasteiger partial charge in [-0.25, -0.2) is 0 Å². The fourth-order valence-electron chi connectivity index (χ4n) is 2.33. The van der Waals surface area contributed by atoms with Gasteiger partial charge in [0, 0.05) is 17.8 Å². The molecule has 1 aromatic rings. The van der Waals surface area contributed by atoms with Crippen molar-refractivity contribution >= 4 is 11.6 Å². The number of nitrogens with one attached hydrogen (secondary N) is 1. The average Bonchev–Trinajstić information content (AvgIpc) is 2.44. The molecule has 1 saturated heterocycles. The van der Waals surface area contributed by atoms with E-state index in [2.05, 4.69) is 10.2 Å². The second-order valence-corrected chi connectivity index (χ2v) is 4.18. The SMILES string of the molecule is O=C1CN2CCCO[C@@H]2c2ccccc2N1. The Morgan fingerprint density at radius 1 is 1.38 bits per heavy atom. The van der Waals surface area contributed by atoms with Crippen LogP contribution in [0.25, 0.3) is 0 Å². The van der Waals surface area contributed by atoms with Crippen LogP contribution in [0.1, 0.15) is 18.2 Å². The Balaban J connectivity index is 2.04. The second kappa shape index (κ2) is 3.88. The van der Waals surface area contributed by atoms with Gasteiger partial charge in [0.1, 0.15) is 6.23 Å². The molecule has 3 rings (SSSR count). The van der Waals surface area contributed by atoms with Crippen LogP contribution in [-0.4, -0.2) is 30.5 Å². The number of rotatable bonds is 0. The monoisotopic (exact) mass is 218 g/mol. The molecule has 1 aromatic carbocycles. The first-order chi connectivity index (χ1) is 7.84. The van der Waals surface area contributed by atoms with Crippen molar-refractivity contribution in [3.63, 3.8) is 0 Å². The van der Waals surface area contributed by atoms with Gasteiger partial charge in [-0.05, 0) is 12.5 Å². The molecule has 2 aliphatic heterocycles. The van der Waals surface area contributed by atoms with Crippen molar-refractivity contribution in [1.82, 2.24) is 4.90 Å². The van der Waals surface area contributed by atoms with Crippen molar-refractivity contribution in [2.45, 2.75) is 12.6 Å². The van der Waals surface area contributed by atoms with E-state index in [4.69, 9.17) is 4.74 Å². The van der Waals surface area contributed by atoms with Gasteiger partial charge in [0.15, 0.2) is 0 Å². The van der Waals surface area contributed by atoms with Crippen LogP contribution < -0.4 is 5.32 Å². The van der Waals surface area contributed by atoms with Crippen LogP contribution in [0.15, 0.2) is 24.3 Å². The normalized spacial score (nSPS) is 25.2. The number of para-hydroxylation sites is 1. The first-order valence-electron chi connectivity index (χ1n) is 5.59. The Bertz CT molecular complexity index is 419. The predicted molar refractivity (Wildman–Crippen MR) is 60.0 cm³/mol. The Kier molecular flexibility index (Phi) is 2.38. The summed E-state index contributed by atoms with van der Waals surface area (Å²) in [6.07, 6.45) is 0.926. The maximum Gasteiger partial charge on any atom is 0.238 e. The lowest BCUT2D eigenvalue weighted by Crippen LogP contribution is -2.39. The number of ether oxygens (including phenoxy) is 1. The molecule has 1 atom stereocenters. The molecule has 1 amide bonds. The molecule has 0 unspecified atom stereocenters. The van der Waals surface area contributed by atoms with Gasteiger partial charge >= 0.3 is 0 Å². The molecule has 0 aliphatic carbocycles. The summed E-state index contributed by atoms with van der Waals surface area (Å²) in [6, 6.07) is 7.85. The van der Waals surface area contributed by atoms with E-state index in [0.717, 1.165) is 30.8 Å². The second-order valence-electron chi connectivity index (χ2n) is 4.18. The summed E-state index contributed by atoms with van der Waals surface area (Å²) in [6.45, 7) is 2.11. The smallest absolute Gasteiger partial charge is 0.238 e. The van der Waals surface area contributed by atoms with Gasteiger partial charge in [0.05, 0.1) is 13.2 Å². The number of amides is 1. The van der Waals surface area contributed by atoms with E-state index >= 15 is 0 Å². The van der Waals surface area contributed by atoms with Gasteiger partial charge in [-0.1, -0.05) is 18.2 Å². The number of hydrogen-bond acceptors (Lipinski definition) is 3. The summed E-state index contributed by atoms with van der Waals surface area (Å²) in [5.41, 5.74) is 1.94. The number of benzene rings is 1. The average molecular weight is 218 g/mol. The maximum atomic E-state index is 11.7. The summed E-state index contributed by atoms with van der Waals surface area (Å²) in [4.78, 5) is 13.8. The van der Waals surface area contributed by atoms with E-state index in [1.54, 1.807) is 0 Å². The first kappa shape index (κ1) is 9.81. The Morgan fingerprint density at radius 3 is 3.19 bits per heavy atom. The Morgan fingerprint density at radius 2 is 2.25 bits per heavy atom. The van der Waals surface area contributed by atoms with Gasteiger partial charge in [0.2, 0.25) is 5.91 Å². The molecule has 4 heteroatoms. The molecule has 0 radical (unpaired) electrons. The van der Waals surface area contributed by atoms with E-state index in [0.29, 0.717) is 6.54 Å². The molecule has 0 spiro atoms. The van der Waals surface area contributed by atoms with E-state index in [1.165, 1.54) is 0 Å². The summed E-state index contributed by atoms with van der Waals surface area (Å²) >= 11 is 0. The summed E-state index contributed by atoms with van der Waals surface area (Å²) in [7, 11) is 0. The molecule has 0 bridgehead atoms. The molecule has 16 heavy (non-hydrogen) atoms. The Hall–Kier alpha value is -1.39. The van der Waals surface area contributed by atoms with E-state index in [-0.39, 0.29) is 12.1 Å². The zero-order valence-corrected chi connectivity index (χ0v) is 8.98. The van der Waals surface area contributed by atoms with Crippen molar-refractivity contribution in [2.75, 3.05) is 25.0 Å². The predicted octanol–water partition coefficient (Wildman–Crippen LogP) is 1.36. The highest BCUT2D eigenvalue weighted by molar-refractivity contribution is 5.93. The summed E-state index contributed by atoms with van der Waals surface area (Å²) < 4.78 is 5.77. The van der Waals surface area contributed by atoms with Crippen molar-refractivity contribution < 1.29 is 9.53 Å². The lowest BCUT2D eigenvalue weighted by molar-refractivity contribution is -0.128. The molecular formula is C12H14N2O2. The van der Waals surface area contributed by atoms with Crippen LogP contribution in [0.2, 0.25) is 0 Å². The number of fused-ring (bicyclic) bond motifs is 3. The Labute approximate surface area is 94.2 Å². The van der Waals surface area contributed by atoms with Crippen LogP contribution in [-0.2, 0) is 9.53 Å². The highest BCUT2D eigenvalue weighted by atomic mass is 16.5. The van der Waals surface area contributed by atoms with Crippen molar-refractivity contribution in [2.24, 2.45) is 0 Å². The minimum atomic E-state index is -0.0658. The number of hydrogen-bond donors (Lipinski definition) is 1. The molecule has 1 N–H and O–H groups in total. The maximum absolute atomic E-state index is 11.7. The van der Waals surface area contributed by atoms with Crippen LogP contribution >= 0.6 is 0 Å². The van der Waals surface area contributed by atoms with Gasteiger partial charge in [0.25, 0.3) is 0 Å². The highest BCUT2D eigenvalue weighted by Crippen LogP contribution is 2.33. The number of carbonyl (C=O) groups is 1. The van der Waals surface area contributed by atoms with Crippen molar-refractivity contribution in [1.29, 1.82) is 0 Å². The molecule has 4 nitrogen and oxygen atoms in total. The zero-order valence-electron chi connectivity index (χ0n) is 8.98. The molecule has 2 heterocycles. The third-order valence-corrected chi connectivity index (χ3v) is 3.04. The van der Waals surface area contributed by atoms with E-state index < -0.39 is 0 Å². The van der Waals surface area contributed by atoms with E-state index in [9.17, 15) is 4.79 Å². The lowest BCUT2D eigenvalue weighted by atomic mass is 10.1. The number of carbonyl (C=O) groups excluding carboxylic acids is 1. The number of anilines is 1. The topological polar surface area (TPSA) is 41.6 Å². The fourth-order valence-corrected chi connectivity index (χ4v) is 2.33. The van der Waals surface area contributed by atoms with Crippen molar-refractivity contribution in [3.8, 4) is 0 Å². The van der Waals surface area contributed by atoms with E-state index in [1.807, 2.05) is 24.3 Å². The number of nitrogens with zero attached hydrogens (tertiary/aromatic N) is 1. The molecular weight excluding hydrogens is 204 g/mol. The molecule has 1 fully saturated rings. The van der Waals surface area contributed by atoms with Gasteiger partial charge in [-0.3, -0.25) is 9.69 Å². The summed E-state index contributed by atoms with van der Waals surface area (Å²) in [5, 5.41) is 2.92. The molecule has 2 aliphatic rings. The first-order valence-corrected chi connectivity index (χ1v) is 5.59. The van der Waals surface area contributed by atoms with Crippen molar-refractivity contribution in [3.05, 3.63) is 29.8 Å². The minimum Gasteiger partial charge on any atom is -0.359 e. The minimum absolute atomic E-state index is 0.0421. The van der Waals surface area contributed by atoms with Crippen LogP contribution in [0, 0.1) is 0 Å². The summed E-state index contributed by atoms with van der Waals surface area (Å²) in [5.74, 6) is 0.0421. The quantitative estimate of drug-likeness (QED) is 0.715. The zero-order chi connectivity index (χ0) is 11.0. The molecule has 0 saturated carbocycles. The fraction of sp³-hybridized carbons (Fsp3) is 0.417.